The Bertz CT molecular complexity index is 819. The van der Waals surface area contributed by atoms with E-state index in [4.69, 9.17) is 4.74 Å². The molecule has 0 spiro atoms. The van der Waals surface area contributed by atoms with Crippen LogP contribution in [0.3, 0.4) is 0 Å². The van der Waals surface area contributed by atoms with E-state index in [1.54, 1.807) is 0 Å². The summed E-state index contributed by atoms with van der Waals surface area (Å²) in [5.41, 5.74) is 3.46. The first-order chi connectivity index (χ1) is 14.6. The zero-order valence-electron chi connectivity index (χ0n) is 19.3. The molecule has 0 radical (unpaired) electrons. The molecule has 1 saturated heterocycles. The Morgan fingerprint density at radius 3 is 2.39 bits per heavy atom. The summed E-state index contributed by atoms with van der Waals surface area (Å²) in [7, 11) is 0. The SMILES string of the molecule is CC(NC(=O)COC(=O)C1CCN(C(=O)C(C)(C)C)CC1)c1ccc2c(c1)CCCC2. The molecule has 6 nitrogen and oxygen atoms in total. The summed E-state index contributed by atoms with van der Waals surface area (Å²) < 4.78 is 5.28. The fraction of sp³-hybridized carbons (Fsp3) is 0.640. The number of benzene rings is 1. The summed E-state index contributed by atoms with van der Waals surface area (Å²) in [6.45, 7) is 8.49. The van der Waals surface area contributed by atoms with Crippen molar-refractivity contribution in [1.82, 2.24) is 10.2 Å². The van der Waals surface area contributed by atoms with Crippen LogP contribution in [0.5, 0.6) is 0 Å². The standard InChI is InChI=1S/C25H36N2O4/c1-17(20-10-9-18-7-5-6-8-21(18)15-20)26-22(28)16-31-23(29)19-11-13-27(14-12-19)24(30)25(2,3)4/h9-10,15,17,19H,5-8,11-14,16H2,1-4H3,(H,26,28). The van der Waals surface area contributed by atoms with Crippen molar-refractivity contribution in [3.05, 3.63) is 34.9 Å². The maximum Gasteiger partial charge on any atom is 0.309 e. The molecule has 3 rings (SSSR count). The molecule has 1 aliphatic carbocycles. The summed E-state index contributed by atoms with van der Waals surface area (Å²) in [5.74, 6) is -0.789. The van der Waals surface area contributed by atoms with E-state index in [-0.39, 0.29) is 36.4 Å². The van der Waals surface area contributed by atoms with Crippen LogP contribution in [-0.2, 0) is 32.0 Å². The summed E-state index contributed by atoms with van der Waals surface area (Å²) in [4.78, 5) is 38.9. The molecule has 0 aromatic heterocycles. The van der Waals surface area contributed by atoms with Crippen LogP contribution in [0, 0.1) is 11.3 Å². The number of aryl methyl sites for hydroxylation is 2. The summed E-state index contributed by atoms with van der Waals surface area (Å²) in [6, 6.07) is 6.31. The molecular formula is C25H36N2O4. The highest BCUT2D eigenvalue weighted by Crippen LogP contribution is 2.26. The Hall–Kier alpha value is -2.37. The van der Waals surface area contributed by atoms with Crippen LogP contribution in [0.1, 0.15) is 76.1 Å². The second-order valence-electron chi connectivity index (χ2n) is 9.95. The van der Waals surface area contributed by atoms with Crippen molar-refractivity contribution in [3.8, 4) is 0 Å². The van der Waals surface area contributed by atoms with Gasteiger partial charge in [-0.3, -0.25) is 14.4 Å². The van der Waals surface area contributed by atoms with E-state index in [1.807, 2.05) is 32.6 Å². The van der Waals surface area contributed by atoms with E-state index in [1.165, 1.54) is 24.0 Å². The minimum absolute atomic E-state index is 0.106. The highest BCUT2D eigenvalue weighted by atomic mass is 16.5. The molecule has 1 N–H and O–H groups in total. The van der Waals surface area contributed by atoms with Crippen molar-refractivity contribution in [2.75, 3.05) is 19.7 Å². The van der Waals surface area contributed by atoms with Gasteiger partial charge in [0.2, 0.25) is 5.91 Å². The first-order valence-electron chi connectivity index (χ1n) is 11.5. The van der Waals surface area contributed by atoms with E-state index >= 15 is 0 Å². The highest BCUT2D eigenvalue weighted by molar-refractivity contribution is 5.83. The fourth-order valence-electron chi connectivity index (χ4n) is 4.44. The molecule has 1 aromatic carbocycles. The first kappa shape index (κ1) is 23.3. The molecule has 31 heavy (non-hydrogen) atoms. The Labute approximate surface area is 185 Å². The van der Waals surface area contributed by atoms with Crippen molar-refractivity contribution < 1.29 is 19.1 Å². The molecule has 1 heterocycles. The fourth-order valence-corrected chi connectivity index (χ4v) is 4.44. The molecule has 1 unspecified atom stereocenters. The molecule has 2 amide bonds. The van der Waals surface area contributed by atoms with Gasteiger partial charge in [-0.25, -0.2) is 0 Å². The van der Waals surface area contributed by atoms with Crippen LogP contribution in [0.4, 0.5) is 0 Å². The number of fused-ring (bicyclic) bond motifs is 1. The number of nitrogens with zero attached hydrogens (tertiary/aromatic N) is 1. The lowest BCUT2D eigenvalue weighted by Gasteiger charge is -2.34. The monoisotopic (exact) mass is 428 g/mol. The van der Waals surface area contributed by atoms with E-state index in [0.717, 1.165) is 18.4 Å². The number of hydrogen-bond acceptors (Lipinski definition) is 4. The van der Waals surface area contributed by atoms with Crippen molar-refractivity contribution in [3.63, 3.8) is 0 Å². The van der Waals surface area contributed by atoms with Gasteiger partial charge in [-0.2, -0.15) is 0 Å². The molecule has 170 valence electrons. The molecule has 2 aliphatic rings. The van der Waals surface area contributed by atoms with Crippen molar-refractivity contribution in [1.29, 1.82) is 0 Å². The van der Waals surface area contributed by atoms with Gasteiger partial charge in [0, 0.05) is 18.5 Å². The van der Waals surface area contributed by atoms with Crippen molar-refractivity contribution in [2.24, 2.45) is 11.3 Å². The quantitative estimate of drug-likeness (QED) is 0.728. The zero-order chi connectivity index (χ0) is 22.6. The van der Waals surface area contributed by atoms with Crippen molar-refractivity contribution >= 4 is 17.8 Å². The minimum atomic E-state index is -0.416. The molecule has 1 aliphatic heterocycles. The van der Waals surface area contributed by atoms with Crippen LogP contribution in [0.2, 0.25) is 0 Å². The number of esters is 1. The zero-order valence-corrected chi connectivity index (χ0v) is 19.3. The topological polar surface area (TPSA) is 75.7 Å². The Morgan fingerprint density at radius 2 is 1.74 bits per heavy atom. The second-order valence-corrected chi connectivity index (χ2v) is 9.95. The van der Waals surface area contributed by atoms with Crippen LogP contribution in [-0.4, -0.2) is 42.4 Å². The predicted octanol–water partition coefficient (Wildman–Crippen LogP) is 3.57. The molecular weight excluding hydrogens is 392 g/mol. The van der Waals surface area contributed by atoms with Crippen LogP contribution >= 0.6 is 0 Å². The third-order valence-electron chi connectivity index (χ3n) is 6.35. The Kier molecular flexibility index (Phi) is 7.39. The van der Waals surface area contributed by atoms with Gasteiger partial charge in [-0.1, -0.05) is 39.0 Å². The summed E-state index contributed by atoms with van der Waals surface area (Å²) in [6.07, 6.45) is 5.85. The van der Waals surface area contributed by atoms with Gasteiger partial charge in [-0.05, 0) is 62.1 Å². The third kappa shape index (κ3) is 6.08. The molecule has 0 bridgehead atoms. The third-order valence-corrected chi connectivity index (χ3v) is 6.35. The van der Waals surface area contributed by atoms with E-state index in [2.05, 4.69) is 23.5 Å². The number of hydrogen-bond donors (Lipinski definition) is 1. The van der Waals surface area contributed by atoms with Crippen LogP contribution in [0.25, 0.3) is 0 Å². The number of carbonyl (C=O) groups is 3. The Morgan fingerprint density at radius 1 is 1.10 bits per heavy atom. The first-order valence-corrected chi connectivity index (χ1v) is 11.5. The number of nitrogens with one attached hydrogen (secondary N) is 1. The normalized spacial score (nSPS) is 18.1. The van der Waals surface area contributed by atoms with Gasteiger partial charge in [-0.15, -0.1) is 0 Å². The van der Waals surface area contributed by atoms with Gasteiger partial charge < -0.3 is 15.0 Å². The van der Waals surface area contributed by atoms with E-state index in [0.29, 0.717) is 25.9 Å². The van der Waals surface area contributed by atoms with Gasteiger partial charge in [0.25, 0.3) is 5.91 Å². The van der Waals surface area contributed by atoms with E-state index in [9.17, 15) is 14.4 Å². The molecule has 0 saturated carbocycles. The van der Waals surface area contributed by atoms with Gasteiger partial charge >= 0.3 is 5.97 Å². The smallest absolute Gasteiger partial charge is 0.309 e. The van der Waals surface area contributed by atoms with E-state index < -0.39 is 5.41 Å². The maximum absolute atomic E-state index is 12.4. The van der Waals surface area contributed by atoms with Crippen molar-refractivity contribution in [2.45, 2.75) is 72.3 Å². The largest absolute Gasteiger partial charge is 0.455 e. The van der Waals surface area contributed by atoms with Gasteiger partial charge in [0.15, 0.2) is 6.61 Å². The minimum Gasteiger partial charge on any atom is -0.455 e. The van der Waals surface area contributed by atoms with Gasteiger partial charge in [0.05, 0.1) is 12.0 Å². The summed E-state index contributed by atoms with van der Waals surface area (Å²) >= 11 is 0. The predicted molar refractivity (Wildman–Crippen MR) is 119 cm³/mol. The number of likely N-dealkylation sites (tertiary alicyclic amines) is 1. The molecule has 1 atom stereocenters. The maximum atomic E-state index is 12.4. The molecule has 6 heteroatoms. The number of amides is 2. The lowest BCUT2D eigenvalue weighted by Crippen LogP contribution is -2.45. The summed E-state index contributed by atoms with van der Waals surface area (Å²) in [5, 5.41) is 2.93. The number of rotatable bonds is 5. The average Bonchev–Trinajstić information content (AvgIpc) is 2.76. The lowest BCUT2D eigenvalue weighted by molar-refractivity contribution is -0.155. The lowest BCUT2D eigenvalue weighted by atomic mass is 9.89. The second kappa shape index (κ2) is 9.84. The van der Waals surface area contributed by atoms with Crippen LogP contribution < -0.4 is 5.32 Å². The van der Waals surface area contributed by atoms with Gasteiger partial charge in [0.1, 0.15) is 0 Å². The number of piperidine rings is 1. The highest BCUT2D eigenvalue weighted by Gasteiger charge is 2.33. The van der Waals surface area contributed by atoms with Crippen LogP contribution in [0.15, 0.2) is 18.2 Å². The Balaban J connectivity index is 1.42. The average molecular weight is 429 g/mol. The molecule has 1 fully saturated rings. The molecule has 1 aromatic rings. The number of carbonyl (C=O) groups excluding carboxylic acids is 3. The number of ether oxygens (including phenoxy) is 1.